The molecule has 13 heteroatoms. The zero-order chi connectivity index (χ0) is 27.6. The topological polar surface area (TPSA) is 138 Å². The lowest BCUT2D eigenvalue weighted by molar-refractivity contribution is -0.127. The summed E-state index contributed by atoms with van der Waals surface area (Å²) < 4.78 is 30.0. The Balaban J connectivity index is 1.27. The van der Waals surface area contributed by atoms with Crippen molar-refractivity contribution in [3.63, 3.8) is 0 Å². The van der Waals surface area contributed by atoms with E-state index in [4.69, 9.17) is 11.6 Å². The predicted molar refractivity (Wildman–Crippen MR) is 145 cm³/mol. The molecule has 1 aromatic heterocycles. The second-order valence-electron chi connectivity index (χ2n) is 8.38. The van der Waals surface area contributed by atoms with Crippen molar-refractivity contribution >= 4 is 50.7 Å². The van der Waals surface area contributed by atoms with Gasteiger partial charge in [-0.25, -0.2) is 13.1 Å². The highest BCUT2D eigenvalue weighted by atomic mass is 35.5. The third-order valence-electron chi connectivity index (χ3n) is 5.70. The van der Waals surface area contributed by atoms with E-state index in [1.165, 1.54) is 47.3 Å². The molecular weight excluding hydrogens is 542 g/mol. The number of hydrogen-bond acceptors (Lipinski definition) is 8. The molecule has 0 radical (unpaired) electrons. The summed E-state index contributed by atoms with van der Waals surface area (Å²) in [6.45, 7) is 1.57. The number of benzene rings is 3. The van der Waals surface area contributed by atoms with Gasteiger partial charge in [-0.15, -0.1) is 0 Å². The van der Waals surface area contributed by atoms with Gasteiger partial charge in [-0.1, -0.05) is 29.8 Å². The third kappa shape index (κ3) is 5.47. The fourth-order valence-electron chi connectivity index (χ4n) is 3.72. The molecule has 0 saturated carbocycles. The Bertz CT molecular complexity index is 1700. The maximum absolute atomic E-state index is 13.0. The average Bonchev–Trinajstić information content (AvgIpc) is 3.51. The molecule has 4 aromatic rings. The molecule has 1 aliphatic heterocycles. The second kappa shape index (κ2) is 10.6. The molecule has 0 fully saturated rings. The Hall–Kier alpha value is -4.68. The average molecular weight is 562 g/mol. The maximum Gasteiger partial charge on any atom is 0.282 e. The van der Waals surface area contributed by atoms with Gasteiger partial charge in [-0.2, -0.15) is 25.4 Å². The van der Waals surface area contributed by atoms with Gasteiger partial charge in [-0.3, -0.25) is 14.3 Å². The van der Waals surface area contributed by atoms with Crippen molar-refractivity contribution in [2.45, 2.75) is 17.9 Å². The van der Waals surface area contributed by atoms with Crippen molar-refractivity contribution < 1.29 is 18.0 Å². The van der Waals surface area contributed by atoms with Crippen LogP contribution in [0.25, 0.3) is 5.69 Å². The number of carbonyl (C=O) groups excluding carboxylic acids is 2. The fraction of sp³-hybridized carbons (Fsp3) is 0.0769. The van der Waals surface area contributed by atoms with E-state index in [2.05, 4.69) is 25.2 Å². The summed E-state index contributed by atoms with van der Waals surface area (Å²) in [5.74, 6) is -0.976. The van der Waals surface area contributed by atoms with Gasteiger partial charge in [0.2, 0.25) is 0 Å². The molecule has 2 amide bonds. The normalized spacial score (nSPS) is 15.5. The minimum Gasteiger partial charge on any atom is -0.269 e. The maximum atomic E-state index is 13.0. The molecule has 0 aliphatic carbocycles. The van der Waals surface area contributed by atoms with E-state index in [1.54, 1.807) is 37.3 Å². The summed E-state index contributed by atoms with van der Waals surface area (Å²) in [6.07, 6.45) is 1.49. The number of para-hydroxylation sites is 1. The standard InChI is InChI=1S/C26H20ClN7O4S/c1-17-24(26(36)34(31-17)25(35)18-7-9-19(27)10-8-18)30-29-20-11-13-22(14-12-20)39(37,38)32-23-15-16-28-33(23)21-5-3-2-4-6-21/h2-16,24,32H,1H3. The molecular formula is C26H20ClN7O4S. The number of azo groups is 1. The van der Waals surface area contributed by atoms with Crippen LogP contribution in [0.4, 0.5) is 11.5 Å². The first-order valence-electron chi connectivity index (χ1n) is 11.5. The first-order chi connectivity index (χ1) is 18.7. The van der Waals surface area contributed by atoms with Crippen molar-refractivity contribution in [1.82, 2.24) is 14.8 Å². The molecule has 1 unspecified atom stereocenters. The summed E-state index contributed by atoms with van der Waals surface area (Å²) in [5.41, 5.74) is 1.56. The smallest absolute Gasteiger partial charge is 0.269 e. The Kier molecular flexibility index (Phi) is 7.05. The van der Waals surface area contributed by atoms with Gasteiger partial charge < -0.3 is 0 Å². The summed E-state index contributed by atoms with van der Waals surface area (Å²) >= 11 is 5.86. The first-order valence-corrected chi connectivity index (χ1v) is 13.4. The highest BCUT2D eigenvalue weighted by Crippen LogP contribution is 2.23. The molecule has 11 nitrogen and oxygen atoms in total. The van der Waals surface area contributed by atoms with E-state index in [-0.39, 0.29) is 16.3 Å². The van der Waals surface area contributed by atoms with Gasteiger partial charge in [0.25, 0.3) is 21.8 Å². The lowest BCUT2D eigenvalue weighted by atomic mass is 10.2. The SMILES string of the molecule is CC1=NN(C(=O)c2ccc(Cl)cc2)C(=O)C1N=Nc1ccc(S(=O)(=O)Nc2ccnn2-c2ccccc2)cc1. The van der Waals surface area contributed by atoms with Gasteiger partial charge >= 0.3 is 0 Å². The zero-order valence-corrected chi connectivity index (χ0v) is 21.9. The number of nitrogens with one attached hydrogen (secondary N) is 1. The first kappa shape index (κ1) is 25.9. The van der Waals surface area contributed by atoms with Crippen LogP contribution >= 0.6 is 11.6 Å². The summed E-state index contributed by atoms with van der Waals surface area (Å²) in [6, 6.07) is 21.3. The molecule has 3 aromatic carbocycles. The quantitative estimate of drug-likeness (QED) is 0.254. The molecule has 1 aliphatic rings. The molecule has 0 spiro atoms. The van der Waals surface area contributed by atoms with Crippen LogP contribution < -0.4 is 4.72 Å². The highest BCUT2D eigenvalue weighted by molar-refractivity contribution is 7.92. The molecule has 5 rings (SSSR count). The van der Waals surface area contributed by atoms with Gasteiger partial charge in [0.05, 0.1) is 28.2 Å². The van der Waals surface area contributed by atoms with E-state index < -0.39 is 27.9 Å². The molecule has 39 heavy (non-hydrogen) atoms. The summed E-state index contributed by atoms with van der Waals surface area (Å²) in [5, 5.41) is 17.5. The number of hydrazone groups is 1. The highest BCUT2D eigenvalue weighted by Gasteiger charge is 2.38. The number of anilines is 1. The monoisotopic (exact) mass is 561 g/mol. The van der Waals surface area contributed by atoms with E-state index >= 15 is 0 Å². The molecule has 1 atom stereocenters. The van der Waals surface area contributed by atoms with Gasteiger partial charge in [-0.05, 0) is 67.6 Å². The lowest BCUT2D eigenvalue weighted by Gasteiger charge is -2.11. The lowest BCUT2D eigenvalue weighted by Crippen LogP contribution is -2.34. The van der Waals surface area contributed by atoms with Crippen LogP contribution in [-0.4, -0.2) is 46.8 Å². The predicted octanol–water partition coefficient (Wildman–Crippen LogP) is 4.84. The number of amides is 2. The van der Waals surface area contributed by atoms with Crippen molar-refractivity contribution in [3.8, 4) is 5.69 Å². The summed E-state index contributed by atoms with van der Waals surface area (Å²) in [4.78, 5) is 25.5. The third-order valence-corrected chi connectivity index (χ3v) is 7.32. The van der Waals surface area contributed by atoms with E-state index in [1.807, 2.05) is 18.2 Å². The number of halogens is 1. The Morgan fingerprint density at radius 2 is 1.67 bits per heavy atom. The van der Waals surface area contributed by atoms with Crippen LogP contribution in [0.15, 0.2) is 111 Å². The van der Waals surface area contributed by atoms with E-state index in [0.29, 0.717) is 22.1 Å². The minimum atomic E-state index is -3.93. The second-order valence-corrected chi connectivity index (χ2v) is 10.5. The molecule has 0 saturated heterocycles. The molecule has 196 valence electrons. The van der Waals surface area contributed by atoms with Crippen LogP contribution in [0.5, 0.6) is 0 Å². The van der Waals surface area contributed by atoms with E-state index in [9.17, 15) is 18.0 Å². The molecule has 2 heterocycles. The van der Waals surface area contributed by atoms with Crippen LogP contribution in [-0.2, 0) is 14.8 Å². The number of aromatic nitrogens is 2. The van der Waals surface area contributed by atoms with Crippen LogP contribution in [0.1, 0.15) is 17.3 Å². The number of rotatable bonds is 7. The largest absolute Gasteiger partial charge is 0.282 e. The Morgan fingerprint density at radius 3 is 2.36 bits per heavy atom. The Labute approximate surface area is 228 Å². The summed E-state index contributed by atoms with van der Waals surface area (Å²) in [7, 11) is -3.93. The van der Waals surface area contributed by atoms with E-state index in [0.717, 1.165) is 5.01 Å². The zero-order valence-electron chi connectivity index (χ0n) is 20.3. The van der Waals surface area contributed by atoms with Gasteiger partial charge in [0.15, 0.2) is 6.04 Å². The van der Waals surface area contributed by atoms with Crippen molar-refractivity contribution in [2.75, 3.05) is 4.72 Å². The van der Waals surface area contributed by atoms with Gasteiger partial charge in [0.1, 0.15) is 5.82 Å². The number of carbonyl (C=O) groups is 2. The number of nitrogens with zero attached hydrogens (tertiary/aromatic N) is 6. The van der Waals surface area contributed by atoms with Crippen LogP contribution in [0.2, 0.25) is 5.02 Å². The van der Waals surface area contributed by atoms with Gasteiger partial charge in [0, 0.05) is 16.7 Å². The van der Waals surface area contributed by atoms with Crippen molar-refractivity contribution in [1.29, 1.82) is 0 Å². The number of imide groups is 1. The number of sulfonamides is 1. The Morgan fingerprint density at radius 1 is 0.974 bits per heavy atom. The van der Waals surface area contributed by atoms with Crippen molar-refractivity contribution in [3.05, 3.63) is 102 Å². The minimum absolute atomic E-state index is 0.00307. The van der Waals surface area contributed by atoms with Crippen LogP contribution in [0, 0.1) is 0 Å². The fourth-order valence-corrected chi connectivity index (χ4v) is 4.89. The number of hydrogen-bond donors (Lipinski definition) is 1. The molecule has 0 bridgehead atoms. The van der Waals surface area contributed by atoms with Crippen molar-refractivity contribution in [2.24, 2.45) is 15.3 Å². The molecule has 1 N–H and O–H groups in total. The van der Waals surface area contributed by atoms with Crippen LogP contribution in [0.3, 0.4) is 0 Å².